The number of anilines is 1. The van der Waals surface area contributed by atoms with Crippen LogP contribution in [0.5, 0.6) is 0 Å². The fourth-order valence-electron chi connectivity index (χ4n) is 1.55. The number of para-hydroxylation sites is 1. The Bertz CT molecular complexity index is 731. The largest absolute Gasteiger partial charge is 0.286 e. The third-order valence-electron chi connectivity index (χ3n) is 2.53. The zero-order valence-electron chi connectivity index (χ0n) is 10.1. The van der Waals surface area contributed by atoms with Gasteiger partial charge in [-0.2, -0.15) is 8.42 Å². The summed E-state index contributed by atoms with van der Waals surface area (Å²) in [7, 11) is -4.26. The van der Waals surface area contributed by atoms with Gasteiger partial charge in [-0.15, -0.1) is 4.47 Å². The zero-order chi connectivity index (χ0) is 14.8. The molecule has 8 heteroatoms. The van der Waals surface area contributed by atoms with Crippen LogP contribution in [0.15, 0.2) is 59.5 Å². The number of nitro benzene ring substituents is 1. The highest BCUT2D eigenvalue weighted by atomic mass is 32.2. The minimum absolute atomic E-state index is 0.0407. The predicted molar refractivity (Wildman–Crippen MR) is 71.0 cm³/mol. The van der Waals surface area contributed by atoms with Crippen molar-refractivity contribution < 1.29 is 18.5 Å². The standard InChI is InChI=1S/C12H10N2O5S/c15-13(16)11-7-4-8-12(9-11)20(18,19)14(17)10-5-2-1-3-6-10/h1-9,17H. The number of hydrogen-bond donors (Lipinski definition) is 1. The van der Waals surface area contributed by atoms with Gasteiger partial charge in [0.05, 0.1) is 15.5 Å². The Balaban J connectivity index is 2.45. The summed E-state index contributed by atoms with van der Waals surface area (Å²) in [5, 5.41) is 20.5. The molecule has 20 heavy (non-hydrogen) atoms. The molecule has 2 aromatic rings. The van der Waals surface area contributed by atoms with Crippen molar-refractivity contribution in [3.8, 4) is 0 Å². The lowest BCUT2D eigenvalue weighted by Gasteiger charge is -2.16. The molecule has 0 aliphatic carbocycles. The highest BCUT2D eigenvalue weighted by Gasteiger charge is 2.25. The first-order valence-corrected chi connectivity index (χ1v) is 6.90. The monoisotopic (exact) mass is 294 g/mol. The Morgan fingerprint density at radius 3 is 2.30 bits per heavy atom. The molecule has 0 saturated heterocycles. The van der Waals surface area contributed by atoms with Crippen LogP contribution in [0.3, 0.4) is 0 Å². The second-order valence-corrected chi connectivity index (χ2v) is 5.61. The minimum atomic E-state index is -4.26. The van der Waals surface area contributed by atoms with Crippen LogP contribution >= 0.6 is 0 Å². The number of hydrogen-bond acceptors (Lipinski definition) is 5. The van der Waals surface area contributed by atoms with Crippen LogP contribution in [0.25, 0.3) is 0 Å². The van der Waals surface area contributed by atoms with Crippen LogP contribution in [-0.2, 0) is 10.0 Å². The Kier molecular flexibility index (Phi) is 3.68. The molecule has 1 N–H and O–H groups in total. The summed E-state index contributed by atoms with van der Waals surface area (Å²) < 4.78 is 24.4. The van der Waals surface area contributed by atoms with Gasteiger partial charge in [0.2, 0.25) is 0 Å². The lowest BCUT2D eigenvalue weighted by atomic mass is 10.3. The molecule has 0 aliphatic heterocycles. The average molecular weight is 294 g/mol. The summed E-state index contributed by atoms with van der Waals surface area (Å²) in [6, 6.07) is 12.0. The van der Waals surface area contributed by atoms with Gasteiger partial charge < -0.3 is 0 Å². The maximum atomic E-state index is 12.2. The van der Waals surface area contributed by atoms with E-state index in [9.17, 15) is 23.7 Å². The first-order valence-electron chi connectivity index (χ1n) is 5.46. The van der Waals surface area contributed by atoms with E-state index in [1.54, 1.807) is 18.2 Å². The van der Waals surface area contributed by atoms with E-state index < -0.39 is 14.9 Å². The molecule has 0 aromatic heterocycles. The Labute approximate surface area is 114 Å². The van der Waals surface area contributed by atoms with Crippen LogP contribution < -0.4 is 4.47 Å². The first-order chi connectivity index (χ1) is 9.43. The second-order valence-electron chi connectivity index (χ2n) is 3.84. The number of non-ortho nitro benzene ring substituents is 1. The van der Waals surface area contributed by atoms with Gasteiger partial charge in [-0.25, -0.2) is 0 Å². The lowest BCUT2D eigenvalue weighted by Crippen LogP contribution is -2.27. The van der Waals surface area contributed by atoms with Crippen LogP contribution in [0.1, 0.15) is 0 Å². The molecule has 7 nitrogen and oxygen atoms in total. The lowest BCUT2D eigenvalue weighted by molar-refractivity contribution is -0.385. The highest BCUT2D eigenvalue weighted by Crippen LogP contribution is 2.24. The molecule has 2 rings (SSSR count). The van der Waals surface area contributed by atoms with E-state index in [4.69, 9.17) is 0 Å². The summed E-state index contributed by atoms with van der Waals surface area (Å²) in [5.74, 6) is 0. The predicted octanol–water partition coefficient (Wildman–Crippen LogP) is 2.18. The molecule has 0 unspecified atom stereocenters. The van der Waals surface area contributed by atoms with E-state index in [0.29, 0.717) is 0 Å². The number of sulfonamides is 1. The summed E-state index contributed by atoms with van der Waals surface area (Å²) in [5.41, 5.74) is -0.327. The number of benzene rings is 2. The maximum Gasteiger partial charge on any atom is 0.286 e. The van der Waals surface area contributed by atoms with Crippen molar-refractivity contribution in [1.29, 1.82) is 0 Å². The quantitative estimate of drug-likeness (QED) is 0.688. The van der Waals surface area contributed by atoms with Crippen molar-refractivity contribution in [3.63, 3.8) is 0 Å². The summed E-state index contributed by atoms with van der Waals surface area (Å²) in [6.45, 7) is 0. The van der Waals surface area contributed by atoms with Crippen molar-refractivity contribution >= 4 is 21.4 Å². The highest BCUT2D eigenvalue weighted by molar-refractivity contribution is 7.92. The molecule has 0 radical (unpaired) electrons. The Morgan fingerprint density at radius 2 is 1.70 bits per heavy atom. The van der Waals surface area contributed by atoms with E-state index in [0.717, 1.165) is 6.07 Å². The molecule has 0 spiro atoms. The smallest absolute Gasteiger partial charge is 0.274 e. The zero-order valence-corrected chi connectivity index (χ0v) is 10.9. The van der Waals surface area contributed by atoms with Crippen molar-refractivity contribution in [2.75, 3.05) is 4.47 Å². The molecule has 2 aromatic carbocycles. The molecule has 0 amide bonds. The second kappa shape index (κ2) is 5.27. The molecule has 0 saturated carbocycles. The summed E-state index contributed by atoms with van der Waals surface area (Å²) in [4.78, 5) is 9.59. The van der Waals surface area contributed by atoms with Crippen molar-refractivity contribution in [1.82, 2.24) is 0 Å². The molecule has 0 bridgehead atoms. The average Bonchev–Trinajstić information content (AvgIpc) is 2.47. The van der Waals surface area contributed by atoms with Crippen molar-refractivity contribution in [2.45, 2.75) is 4.90 Å². The molecular weight excluding hydrogens is 284 g/mol. The fourth-order valence-corrected chi connectivity index (χ4v) is 2.67. The van der Waals surface area contributed by atoms with E-state index in [-0.39, 0.29) is 20.7 Å². The summed E-state index contributed by atoms with van der Waals surface area (Å²) in [6.07, 6.45) is 0. The van der Waals surface area contributed by atoms with Crippen LogP contribution in [-0.4, -0.2) is 18.5 Å². The fraction of sp³-hybridized carbons (Fsp3) is 0. The molecule has 0 atom stereocenters. The van der Waals surface area contributed by atoms with Crippen LogP contribution in [0.2, 0.25) is 0 Å². The molecule has 0 aliphatic rings. The van der Waals surface area contributed by atoms with E-state index >= 15 is 0 Å². The summed E-state index contributed by atoms with van der Waals surface area (Å²) >= 11 is 0. The third kappa shape index (κ3) is 2.60. The van der Waals surface area contributed by atoms with Gasteiger partial charge in [0.1, 0.15) is 0 Å². The number of nitro groups is 1. The Morgan fingerprint density at radius 1 is 1.05 bits per heavy atom. The van der Waals surface area contributed by atoms with Gasteiger partial charge in [-0.3, -0.25) is 15.3 Å². The molecule has 104 valence electrons. The van der Waals surface area contributed by atoms with Gasteiger partial charge in [-0.1, -0.05) is 24.3 Å². The van der Waals surface area contributed by atoms with Gasteiger partial charge in [0, 0.05) is 12.1 Å². The van der Waals surface area contributed by atoms with Gasteiger partial charge in [0.25, 0.3) is 15.7 Å². The van der Waals surface area contributed by atoms with Gasteiger partial charge in [-0.05, 0) is 18.2 Å². The van der Waals surface area contributed by atoms with E-state index in [1.165, 1.54) is 30.3 Å². The van der Waals surface area contributed by atoms with E-state index in [2.05, 4.69) is 0 Å². The molecule has 0 fully saturated rings. The molecular formula is C12H10N2O5S. The normalized spacial score (nSPS) is 11.1. The molecule has 0 heterocycles. The third-order valence-corrected chi connectivity index (χ3v) is 4.05. The first kappa shape index (κ1) is 14.0. The van der Waals surface area contributed by atoms with Crippen LogP contribution in [0.4, 0.5) is 11.4 Å². The van der Waals surface area contributed by atoms with Crippen molar-refractivity contribution in [3.05, 3.63) is 64.7 Å². The van der Waals surface area contributed by atoms with Gasteiger partial charge >= 0.3 is 0 Å². The van der Waals surface area contributed by atoms with Crippen molar-refractivity contribution in [2.24, 2.45) is 0 Å². The SMILES string of the molecule is O=[N+]([O-])c1cccc(S(=O)(=O)N(O)c2ccccc2)c1. The van der Waals surface area contributed by atoms with Crippen LogP contribution in [0, 0.1) is 10.1 Å². The topological polar surface area (TPSA) is 101 Å². The maximum absolute atomic E-state index is 12.2. The van der Waals surface area contributed by atoms with E-state index in [1.807, 2.05) is 0 Å². The number of nitrogens with zero attached hydrogens (tertiary/aromatic N) is 2. The minimum Gasteiger partial charge on any atom is -0.274 e. The number of rotatable bonds is 4. The Hall–Kier alpha value is -2.45. The van der Waals surface area contributed by atoms with Gasteiger partial charge in [0.15, 0.2) is 0 Å².